The topological polar surface area (TPSA) is 36.9 Å². The molecule has 1 aromatic carbocycles. The Hall–Kier alpha value is -2.89. The van der Waals surface area contributed by atoms with Gasteiger partial charge in [-0.2, -0.15) is 0 Å². The van der Waals surface area contributed by atoms with E-state index >= 15 is 0 Å². The fourth-order valence-electron chi connectivity index (χ4n) is 4.09. The van der Waals surface area contributed by atoms with Crippen molar-refractivity contribution < 1.29 is 4.42 Å². The predicted molar refractivity (Wildman–Crippen MR) is 110 cm³/mol. The molecule has 1 aliphatic heterocycles. The number of pyridine rings is 1. The molecule has 0 radical (unpaired) electrons. The molecule has 0 spiro atoms. The minimum absolute atomic E-state index is 0.285. The molecule has 28 heavy (non-hydrogen) atoms. The van der Waals surface area contributed by atoms with Crippen molar-refractivity contribution in [2.24, 2.45) is 0 Å². The molecule has 4 heterocycles. The molecule has 0 aliphatic carbocycles. The third kappa shape index (κ3) is 3.23. The van der Waals surface area contributed by atoms with E-state index in [1.807, 2.05) is 24.7 Å². The van der Waals surface area contributed by atoms with Gasteiger partial charge >= 0.3 is 0 Å². The fourth-order valence-corrected chi connectivity index (χ4v) is 4.09. The van der Waals surface area contributed by atoms with Crippen LogP contribution in [0.3, 0.4) is 0 Å². The van der Waals surface area contributed by atoms with Crippen molar-refractivity contribution in [3.8, 4) is 11.1 Å². The minimum Gasteiger partial charge on any atom is -0.472 e. The molecule has 1 fully saturated rings. The molecule has 5 nitrogen and oxygen atoms in total. The van der Waals surface area contributed by atoms with E-state index in [0.29, 0.717) is 0 Å². The number of fused-ring (bicyclic) bond motifs is 1. The summed E-state index contributed by atoms with van der Waals surface area (Å²) < 4.78 is 7.38. The lowest BCUT2D eigenvalue weighted by Gasteiger charge is -2.38. The number of benzene rings is 1. The average molecular weight is 372 g/mol. The van der Waals surface area contributed by atoms with Gasteiger partial charge in [-0.15, -0.1) is 0 Å². The summed E-state index contributed by atoms with van der Waals surface area (Å²) in [4.78, 5) is 9.71. The van der Waals surface area contributed by atoms with Crippen molar-refractivity contribution in [1.82, 2.24) is 19.2 Å². The summed E-state index contributed by atoms with van der Waals surface area (Å²) in [6.45, 7) is 3.98. The third-order valence-electron chi connectivity index (χ3n) is 5.70. The first kappa shape index (κ1) is 17.2. The van der Waals surface area contributed by atoms with E-state index in [0.717, 1.165) is 31.9 Å². The summed E-state index contributed by atoms with van der Waals surface area (Å²) in [6, 6.07) is 17.2. The molecule has 0 amide bonds. The van der Waals surface area contributed by atoms with Gasteiger partial charge in [0.05, 0.1) is 36.1 Å². The second kappa shape index (κ2) is 7.26. The number of rotatable bonds is 4. The highest BCUT2D eigenvalue weighted by molar-refractivity contribution is 5.66. The zero-order valence-electron chi connectivity index (χ0n) is 16.0. The monoisotopic (exact) mass is 372 g/mol. The molecular weight excluding hydrogens is 348 g/mol. The van der Waals surface area contributed by atoms with E-state index in [-0.39, 0.29) is 6.04 Å². The maximum Gasteiger partial charge on any atom is 0.0996 e. The summed E-state index contributed by atoms with van der Waals surface area (Å²) in [5.74, 6) is 0. The van der Waals surface area contributed by atoms with Gasteiger partial charge in [0.2, 0.25) is 0 Å². The van der Waals surface area contributed by atoms with E-state index in [2.05, 4.69) is 63.8 Å². The van der Waals surface area contributed by atoms with Gasteiger partial charge in [-0.3, -0.25) is 9.80 Å². The smallest absolute Gasteiger partial charge is 0.0996 e. The van der Waals surface area contributed by atoms with Crippen LogP contribution in [0.25, 0.3) is 16.6 Å². The van der Waals surface area contributed by atoms with Crippen LogP contribution in [0.4, 0.5) is 0 Å². The molecule has 142 valence electrons. The molecule has 0 unspecified atom stereocenters. The highest BCUT2D eigenvalue weighted by Crippen LogP contribution is 2.29. The summed E-state index contributed by atoms with van der Waals surface area (Å²) >= 11 is 0. The summed E-state index contributed by atoms with van der Waals surface area (Å²) in [6.07, 6.45) is 7.70. The number of aromatic nitrogens is 2. The Morgan fingerprint density at radius 2 is 1.93 bits per heavy atom. The van der Waals surface area contributed by atoms with E-state index in [9.17, 15) is 0 Å². The van der Waals surface area contributed by atoms with Crippen molar-refractivity contribution in [2.75, 3.05) is 26.7 Å². The number of likely N-dealkylation sites (N-methyl/N-ethyl adjacent to an activating group) is 1. The van der Waals surface area contributed by atoms with Crippen molar-refractivity contribution in [3.05, 3.63) is 84.8 Å². The first-order valence-corrected chi connectivity index (χ1v) is 9.73. The van der Waals surface area contributed by atoms with Gasteiger partial charge in [0.25, 0.3) is 0 Å². The average Bonchev–Trinajstić information content (AvgIpc) is 3.39. The van der Waals surface area contributed by atoms with Crippen LogP contribution in [0, 0.1) is 0 Å². The molecule has 0 saturated carbocycles. The van der Waals surface area contributed by atoms with Gasteiger partial charge in [0.15, 0.2) is 0 Å². The lowest BCUT2D eigenvalue weighted by atomic mass is 10.1. The second-order valence-electron chi connectivity index (χ2n) is 7.57. The second-order valence-corrected chi connectivity index (χ2v) is 7.57. The minimum atomic E-state index is 0.285. The Labute approximate surface area is 164 Å². The molecular formula is C23H24N4O. The van der Waals surface area contributed by atoms with E-state index in [1.165, 1.54) is 22.2 Å². The number of imidazole rings is 1. The van der Waals surface area contributed by atoms with Crippen molar-refractivity contribution in [3.63, 3.8) is 0 Å². The van der Waals surface area contributed by atoms with Crippen LogP contribution in [0.1, 0.15) is 17.3 Å². The normalized spacial score (nSPS) is 18.7. The van der Waals surface area contributed by atoms with Crippen LogP contribution in [-0.2, 0) is 6.54 Å². The van der Waals surface area contributed by atoms with Gasteiger partial charge < -0.3 is 8.82 Å². The van der Waals surface area contributed by atoms with Gasteiger partial charge in [0, 0.05) is 37.9 Å². The van der Waals surface area contributed by atoms with Crippen LogP contribution < -0.4 is 0 Å². The number of hydrogen-bond acceptors (Lipinski definition) is 4. The third-order valence-corrected chi connectivity index (χ3v) is 5.70. The highest BCUT2D eigenvalue weighted by Gasteiger charge is 2.28. The Kier molecular flexibility index (Phi) is 4.47. The van der Waals surface area contributed by atoms with E-state index < -0.39 is 0 Å². The van der Waals surface area contributed by atoms with Crippen molar-refractivity contribution >= 4 is 5.52 Å². The molecule has 0 bridgehead atoms. The number of piperazine rings is 1. The summed E-state index contributed by atoms with van der Waals surface area (Å²) in [5.41, 5.74) is 5.99. The maximum atomic E-state index is 5.23. The molecule has 4 aromatic rings. The SMILES string of the molecule is CN1CCN(Cc2ccoc2)C[C@H]1c1ncn2cc(-c3ccccc3)ccc12. The summed E-state index contributed by atoms with van der Waals surface area (Å²) in [7, 11) is 2.20. The standard InChI is InChI=1S/C23H24N4O/c1-25-10-11-26(13-18-9-12-28-16-18)15-22(25)23-21-8-7-20(14-27(21)17-24-23)19-5-3-2-4-6-19/h2-9,12,14,16-17,22H,10-11,13,15H2,1H3/t22-/m0/s1. The predicted octanol–water partition coefficient (Wildman–Crippen LogP) is 4.08. The molecule has 1 atom stereocenters. The zero-order valence-corrected chi connectivity index (χ0v) is 16.0. The van der Waals surface area contributed by atoms with Crippen LogP contribution >= 0.6 is 0 Å². The Morgan fingerprint density at radius 3 is 2.75 bits per heavy atom. The molecule has 5 rings (SSSR count). The summed E-state index contributed by atoms with van der Waals surface area (Å²) in [5, 5.41) is 0. The van der Waals surface area contributed by atoms with Gasteiger partial charge in [0.1, 0.15) is 0 Å². The largest absolute Gasteiger partial charge is 0.472 e. The Morgan fingerprint density at radius 1 is 1.04 bits per heavy atom. The lowest BCUT2D eigenvalue weighted by molar-refractivity contribution is 0.0891. The number of furan rings is 1. The van der Waals surface area contributed by atoms with E-state index in [1.54, 1.807) is 6.26 Å². The fraction of sp³-hybridized carbons (Fsp3) is 0.261. The molecule has 5 heteroatoms. The molecule has 1 aliphatic rings. The maximum absolute atomic E-state index is 5.23. The van der Waals surface area contributed by atoms with Crippen LogP contribution in [0.5, 0.6) is 0 Å². The van der Waals surface area contributed by atoms with Crippen LogP contribution in [0.2, 0.25) is 0 Å². The molecule has 0 N–H and O–H groups in total. The van der Waals surface area contributed by atoms with Gasteiger partial charge in [-0.1, -0.05) is 36.4 Å². The zero-order chi connectivity index (χ0) is 18.9. The highest BCUT2D eigenvalue weighted by atomic mass is 16.3. The van der Waals surface area contributed by atoms with Gasteiger partial charge in [-0.05, 0) is 30.3 Å². The Bertz CT molecular complexity index is 1050. The van der Waals surface area contributed by atoms with Gasteiger partial charge in [-0.25, -0.2) is 4.98 Å². The lowest BCUT2D eigenvalue weighted by Crippen LogP contribution is -2.46. The quantitative estimate of drug-likeness (QED) is 0.541. The Balaban J connectivity index is 1.43. The van der Waals surface area contributed by atoms with Crippen molar-refractivity contribution in [1.29, 1.82) is 0 Å². The van der Waals surface area contributed by atoms with Crippen LogP contribution in [0.15, 0.2) is 78.0 Å². The number of nitrogens with zero attached hydrogens (tertiary/aromatic N) is 4. The first-order valence-electron chi connectivity index (χ1n) is 9.73. The molecule has 1 saturated heterocycles. The number of hydrogen-bond donors (Lipinski definition) is 0. The van der Waals surface area contributed by atoms with E-state index in [4.69, 9.17) is 9.40 Å². The molecule has 3 aromatic heterocycles. The van der Waals surface area contributed by atoms with Crippen molar-refractivity contribution in [2.45, 2.75) is 12.6 Å². The van der Waals surface area contributed by atoms with Crippen LogP contribution in [-0.4, -0.2) is 45.9 Å². The first-order chi connectivity index (χ1) is 13.8.